The molecule has 6 heteroatoms. The lowest BCUT2D eigenvalue weighted by molar-refractivity contribution is 0.283. The van der Waals surface area contributed by atoms with Gasteiger partial charge in [-0.2, -0.15) is 0 Å². The smallest absolute Gasteiger partial charge is 0.191 e. The lowest BCUT2D eigenvalue weighted by atomic mass is 10.1. The van der Waals surface area contributed by atoms with Crippen LogP contribution in [0.5, 0.6) is 5.75 Å². The average Bonchev–Trinajstić information content (AvgIpc) is 2.86. The summed E-state index contributed by atoms with van der Waals surface area (Å²) < 4.78 is 5.42. The van der Waals surface area contributed by atoms with Crippen molar-refractivity contribution in [2.45, 2.75) is 19.8 Å². The second-order valence-corrected chi connectivity index (χ2v) is 6.75. The standard InChI is InChI=1S/C20H35N5O/c1-4-21-20(22-11-10-18-8-5-6-9-19(18)26-3)23-12-15-25-14-7-13-24(2)16-17-25/h5-6,8-9H,4,7,10-17H2,1-3H3,(H2,21,22,23). The van der Waals surface area contributed by atoms with Gasteiger partial charge in [0, 0.05) is 32.7 Å². The molecule has 0 spiro atoms. The van der Waals surface area contributed by atoms with E-state index in [0.717, 1.165) is 57.4 Å². The Hall–Kier alpha value is -1.79. The molecule has 1 saturated heterocycles. The molecule has 6 nitrogen and oxygen atoms in total. The minimum Gasteiger partial charge on any atom is -0.496 e. The molecule has 1 aromatic rings. The highest BCUT2D eigenvalue weighted by molar-refractivity contribution is 5.79. The average molecular weight is 362 g/mol. The molecule has 2 rings (SSSR count). The number of hydrogen-bond acceptors (Lipinski definition) is 4. The third-order valence-electron chi connectivity index (χ3n) is 4.72. The lowest BCUT2D eigenvalue weighted by Gasteiger charge is -2.19. The molecule has 0 atom stereocenters. The number of nitrogens with one attached hydrogen (secondary N) is 2. The van der Waals surface area contributed by atoms with Gasteiger partial charge in [0.2, 0.25) is 0 Å². The van der Waals surface area contributed by atoms with Crippen LogP contribution in [-0.4, -0.2) is 82.3 Å². The first kappa shape index (κ1) is 20.5. The molecule has 0 amide bonds. The van der Waals surface area contributed by atoms with E-state index in [2.05, 4.69) is 46.5 Å². The molecule has 0 unspecified atom stereocenters. The van der Waals surface area contributed by atoms with Gasteiger partial charge in [0.15, 0.2) is 5.96 Å². The first-order chi connectivity index (χ1) is 12.7. The van der Waals surface area contributed by atoms with Crippen molar-refractivity contribution in [2.75, 3.05) is 66.5 Å². The summed E-state index contributed by atoms with van der Waals surface area (Å²) >= 11 is 0. The summed E-state index contributed by atoms with van der Waals surface area (Å²) in [6.07, 6.45) is 2.16. The van der Waals surface area contributed by atoms with E-state index in [-0.39, 0.29) is 0 Å². The van der Waals surface area contributed by atoms with Crippen LogP contribution >= 0.6 is 0 Å². The molecule has 1 heterocycles. The second-order valence-electron chi connectivity index (χ2n) is 6.75. The van der Waals surface area contributed by atoms with Gasteiger partial charge in [-0.1, -0.05) is 18.2 Å². The fraction of sp³-hybridized carbons (Fsp3) is 0.650. The van der Waals surface area contributed by atoms with Gasteiger partial charge in [-0.05, 0) is 51.5 Å². The maximum absolute atomic E-state index is 5.42. The monoisotopic (exact) mass is 361 g/mol. The molecule has 1 aliphatic rings. The molecule has 0 radical (unpaired) electrons. The molecule has 0 aliphatic carbocycles. The number of aliphatic imine (C=N–C) groups is 1. The molecule has 0 bridgehead atoms. The van der Waals surface area contributed by atoms with E-state index in [1.165, 1.54) is 25.1 Å². The third-order valence-corrected chi connectivity index (χ3v) is 4.72. The van der Waals surface area contributed by atoms with Gasteiger partial charge in [-0.3, -0.25) is 4.99 Å². The van der Waals surface area contributed by atoms with Crippen molar-refractivity contribution < 1.29 is 4.74 Å². The molecule has 0 saturated carbocycles. The van der Waals surface area contributed by atoms with Gasteiger partial charge in [-0.25, -0.2) is 0 Å². The van der Waals surface area contributed by atoms with Gasteiger partial charge >= 0.3 is 0 Å². The van der Waals surface area contributed by atoms with Crippen molar-refractivity contribution in [3.8, 4) is 5.75 Å². The quantitative estimate of drug-likeness (QED) is 0.542. The van der Waals surface area contributed by atoms with E-state index < -0.39 is 0 Å². The summed E-state index contributed by atoms with van der Waals surface area (Å²) in [4.78, 5) is 9.67. The summed E-state index contributed by atoms with van der Waals surface area (Å²) in [5, 5.41) is 6.77. The largest absolute Gasteiger partial charge is 0.496 e. The van der Waals surface area contributed by atoms with E-state index >= 15 is 0 Å². The predicted octanol–water partition coefficient (Wildman–Crippen LogP) is 1.43. The van der Waals surface area contributed by atoms with Crippen LogP contribution in [0.1, 0.15) is 18.9 Å². The summed E-state index contributed by atoms with van der Waals surface area (Å²) in [6.45, 7) is 10.3. The summed E-state index contributed by atoms with van der Waals surface area (Å²) in [5.41, 5.74) is 1.21. The van der Waals surface area contributed by atoms with Gasteiger partial charge in [0.1, 0.15) is 5.75 Å². The Morgan fingerprint density at radius 3 is 2.81 bits per heavy atom. The van der Waals surface area contributed by atoms with Gasteiger partial charge in [0.05, 0.1) is 13.7 Å². The Bertz CT molecular complexity index is 549. The zero-order valence-electron chi connectivity index (χ0n) is 16.6. The highest BCUT2D eigenvalue weighted by Gasteiger charge is 2.11. The number of para-hydroxylation sites is 1. The molecular weight excluding hydrogens is 326 g/mol. The number of likely N-dealkylation sites (N-methyl/N-ethyl adjacent to an activating group) is 1. The Morgan fingerprint density at radius 2 is 2.00 bits per heavy atom. The normalized spacial score (nSPS) is 17.0. The van der Waals surface area contributed by atoms with E-state index in [9.17, 15) is 0 Å². The zero-order chi connectivity index (χ0) is 18.6. The molecular formula is C20H35N5O. The molecule has 2 N–H and O–H groups in total. The Balaban J connectivity index is 1.77. The third kappa shape index (κ3) is 7.22. The molecule has 1 aliphatic heterocycles. The van der Waals surface area contributed by atoms with Crippen LogP contribution in [0.2, 0.25) is 0 Å². The van der Waals surface area contributed by atoms with Crippen molar-refractivity contribution in [2.24, 2.45) is 4.99 Å². The fourth-order valence-electron chi connectivity index (χ4n) is 3.19. The number of nitrogens with zero attached hydrogens (tertiary/aromatic N) is 3. The van der Waals surface area contributed by atoms with Crippen LogP contribution < -0.4 is 15.4 Å². The first-order valence-corrected chi connectivity index (χ1v) is 9.78. The van der Waals surface area contributed by atoms with Gasteiger partial charge < -0.3 is 25.2 Å². The molecule has 0 aromatic heterocycles. The summed E-state index contributed by atoms with van der Waals surface area (Å²) in [7, 11) is 3.93. The van der Waals surface area contributed by atoms with Crippen LogP contribution in [0.25, 0.3) is 0 Å². The maximum Gasteiger partial charge on any atom is 0.191 e. The Labute approximate surface area is 158 Å². The van der Waals surface area contributed by atoms with Crippen molar-refractivity contribution in [3.05, 3.63) is 29.8 Å². The van der Waals surface area contributed by atoms with Crippen LogP contribution in [-0.2, 0) is 6.42 Å². The fourth-order valence-corrected chi connectivity index (χ4v) is 3.19. The number of guanidine groups is 1. The number of methoxy groups -OCH3 is 1. The van der Waals surface area contributed by atoms with E-state index in [0.29, 0.717) is 0 Å². The van der Waals surface area contributed by atoms with E-state index in [1.54, 1.807) is 7.11 Å². The number of ether oxygens (including phenoxy) is 1. The zero-order valence-corrected chi connectivity index (χ0v) is 16.6. The van der Waals surface area contributed by atoms with Gasteiger partial charge in [0.25, 0.3) is 0 Å². The molecule has 146 valence electrons. The second kappa shape index (κ2) is 11.8. The van der Waals surface area contributed by atoms with Crippen LogP contribution in [0.3, 0.4) is 0 Å². The van der Waals surface area contributed by atoms with E-state index in [1.807, 2.05) is 12.1 Å². The Kier molecular flexibility index (Phi) is 9.28. The SMILES string of the molecule is CCNC(=NCCN1CCCN(C)CC1)NCCc1ccccc1OC. The van der Waals surface area contributed by atoms with Crippen LogP contribution in [0.15, 0.2) is 29.3 Å². The number of benzene rings is 1. The number of rotatable bonds is 8. The predicted molar refractivity (Wildman–Crippen MR) is 109 cm³/mol. The van der Waals surface area contributed by atoms with Gasteiger partial charge in [-0.15, -0.1) is 0 Å². The number of hydrogen-bond donors (Lipinski definition) is 2. The van der Waals surface area contributed by atoms with Crippen molar-refractivity contribution in [3.63, 3.8) is 0 Å². The summed E-state index contributed by atoms with van der Waals surface area (Å²) in [6, 6.07) is 8.17. The highest BCUT2D eigenvalue weighted by atomic mass is 16.5. The lowest BCUT2D eigenvalue weighted by Crippen LogP contribution is -2.39. The maximum atomic E-state index is 5.42. The minimum absolute atomic E-state index is 0.827. The minimum atomic E-state index is 0.827. The van der Waals surface area contributed by atoms with E-state index in [4.69, 9.17) is 9.73 Å². The van der Waals surface area contributed by atoms with Crippen LogP contribution in [0.4, 0.5) is 0 Å². The highest BCUT2D eigenvalue weighted by Crippen LogP contribution is 2.17. The van der Waals surface area contributed by atoms with Crippen molar-refractivity contribution in [1.29, 1.82) is 0 Å². The Morgan fingerprint density at radius 1 is 1.15 bits per heavy atom. The first-order valence-electron chi connectivity index (χ1n) is 9.78. The summed E-state index contributed by atoms with van der Waals surface area (Å²) in [5.74, 6) is 1.84. The van der Waals surface area contributed by atoms with Crippen molar-refractivity contribution >= 4 is 5.96 Å². The topological polar surface area (TPSA) is 52.1 Å². The molecule has 1 aromatic carbocycles. The molecule has 1 fully saturated rings. The van der Waals surface area contributed by atoms with Crippen molar-refractivity contribution in [1.82, 2.24) is 20.4 Å². The molecule has 26 heavy (non-hydrogen) atoms. The van der Waals surface area contributed by atoms with Crippen LogP contribution in [0, 0.1) is 0 Å².